The third-order valence-electron chi connectivity index (χ3n) is 8.09. The third kappa shape index (κ3) is 3.45. The summed E-state index contributed by atoms with van der Waals surface area (Å²) >= 11 is 0. The molecule has 0 aromatic carbocycles. The average molecular weight is 417 g/mol. The van der Waals surface area contributed by atoms with Crippen molar-refractivity contribution < 1.29 is 14.3 Å². The van der Waals surface area contributed by atoms with Crippen molar-refractivity contribution in [1.29, 1.82) is 0 Å². The summed E-state index contributed by atoms with van der Waals surface area (Å²) in [5, 5.41) is 6.43. The van der Waals surface area contributed by atoms with Gasteiger partial charge in [0.25, 0.3) is 5.91 Å². The number of carbonyl (C=O) groups excluding carboxylic acids is 2. The standard InChI is InChI=1S/C23H36N4O3/c1-14(2)19(28)26-21-22(3,4)15-10-16-18(30-9-7-23(16,21)11-15)6-8-24-20(29)17-12-27(5)13-25-17/h12-16,18,21H,6-11H2,1-5H3,(H,24,29)(H,26,28)/t15-,16-,18-,21+,23-/m1/s1. The fourth-order valence-corrected chi connectivity index (χ4v) is 6.45. The molecule has 1 aromatic rings. The number of fused-ring (bicyclic) bond motifs is 1. The fourth-order valence-electron chi connectivity index (χ4n) is 6.45. The second kappa shape index (κ2) is 7.66. The Kier molecular flexibility index (Phi) is 5.45. The minimum absolute atomic E-state index is 0.00720. The topological polar surface area (TPSA) is 85.3 Å². The molecule has 3 aliphatic rings. The number of nitrogens with one attached hydrogen (secondary N) is 2. The Morgan fingerprint density at radius 2 is 2.13 bits per heavy atom. The van der Waals surface area contributed by atoms with Gasteiger partial charge in [0.05, 0.1) is 12.4 Å². The summed E-state index contributed by atoms with van der Waals surface area (Å²) < 4.78 is 7.99. The highest BCUT2D eigenvalue weighted by atomic mass is 16.5. The molecule has 1 spiro atoms. The quantitative estimate of drug-likeness (QED) is 0.746. The van der Waals surface area contributed by atoms with E-state index in [1.807, 2.05) is 20.9 Å². The van der Waals surface area contributed by atoms with Gasteiger partial charge in [0.2, 0.25) is 5.91 Å². The predicted molar refractivity (Wildman–Crippen MR) is 114 cm³/mol. The van der Waals surface area contributed by atoms with E-state index in [9.17, 15) is 9.59 Å². The normalized spacial score (nSPS) is 34.1. The number of aromatic nitrogens is 2. The SMILES string of the molecule is CC(C)C(=O)N[C@H]1C(C)(C)[C@@H]2C[C@@H]3[C@@H](CCNC(=O)c4cn(C)cn4)OCC[C@@]31C2. The lowest BCUT2D eigenvalue weighted by Crippen LogP contribution is -2.60. The Balaban J connectivity index is 1.43. The molecule has 3 fully saturated rings. The molecule has 0 radical (unpaired) electrons. The molecule has 1 saturated heterocycles. The highest BCUT2D eigenvalue weighted by molar-refractivity contribution is 5.91. The number of aryl methyl sites for hydroxylation is 1. The number of ether oxygens (including phenoxy) is 1. The number of nitrogens with zero attached hydrogens (tertiary/aromatic N) is 2. The van der Waals surface area contributed by atoms with Gasteiger partial charge >= 0.3 is 0 Å². The average Bonchev–Trinajstić information content (AvgIpc) is 3.34. The van der Waals surface area contributed by atoms with E-state index >= 15 is 0 Å². The van der Waals surface area contributed by atoms with E-state index < -0.39 is 0 Å². The van der Waals surface area contributed by atoms with Crippen LogP contribution in [-0.2, 0) is 16.6 Å². The minimum atomic E-state index is -0.141. The van der Waals surface area contributed by atoms with Crippen LogP contribution in [0.15, 0.2) is 12.5 Å². The van der Waals surface area contributed by atoms with E-state index in [2.05, 4.69) is 29.5 Å². The van der Waals surface area contributed by atoms with Gasteiger partial charge in [-0.3, -0.25) is 9.59 Å². The van der Waals surface area contributed by atoms with Gasteiger partial charge in [-0.1, -0.05) is 27.7 Å². The lowest BCUT2D eigenvalue weighted by molar-refractivity contribution is -0.138. The number of amides is 2. The van der Waals surface area contributed by atoms with Gasteiger partial charge in [0.15, 0.2) is 0 Å². The van der Waals surface area contributed by atoms with Crippen LogP contribution in [0.3, 0.4) is 0 Å². The molecule has 7 nitrogen and oxygen atoms in total. The van der Waals surface area contributed by atoms with Crippen molar-refractivity contribution in [2.24, 2.45) is 35.6 Å². The van der Waals surface area contributed by atoms with Crippen LogP contribution in [0, 0.1) is 28.6 Å². The largest absolute Gasteiger partial charge is 0.378 e. The van der Waals surface area contributed by atoms with Crippen molar-refractivity contribution in [2.75, 3.05) is 13.2 Å². The summed E-state index contributed by atoms with van der Waals surface area (Å²) in [7, 11) is 1.85. The zero-order valence-electron chi connectivity index (χ0n) is 18.9. The summed E-state index contributed by atoms with van der Waals surface area (Å²) in [5.41, 5.74) is 0.666. The Labute approximate surface area is 179 Å². The smallest absolute Gasteiger partial charge is 0.271 e. The maximum Gasteiger partial charge on any atom is 0.271 e. The van der Waals surface area contributed by atoms with E-state index in [-0.39, 0.29) is 40.7 Å². The Hall–Kier alpha value is -1.89. The summed E-state index contributed by atoms with van der Waals surface area (Å²) in [5.74, 6) is 1.05. The van der Waals surface area contributed by atoms with Crippen LogP contribution < -0.4 is 10.6 Å². The number of rotatable bonds is 6. The molecule has 2 N–H and O–H groups in total. The molecule has 1 aliphatic heterocycles. The highest BCUT2D eigenvalue weighted by Crippen LogP contribution is 2.68. The molecule has 4 rings (SSSR count). The van der Waals surface area contributed by atoms with E-state index in [1.54, 1.807) is 17.1 Å². The first-order valence-electron chi connectivity index (χ1n) is 11.3. The van der Waals surface area contributed by atoms with Crippen molar-refractivity contribution >= 4 is 11.8 Å². The molecule has 2 aliphatic carbocycles. The number of hydrogen-bond donors (Lipinski definition) is 2. The molecule has 2 bridgehead atoms. The summed E-state index contributed by atoms with van der Waals surface area (Å²) in [4.78, 5) is 29.0. The lowest BCUT2D eigenvalue weighted by atomic mass is 9.59. The maximum atomic E-state index is 12.6. The van der Waals surface area contributed by atoms with Gasteiger partial charge < -0.3 is 19.9 Å². The molecule has 7 heteroatoms. The van der Waals surface area contributed by atoms with Crippen molar-refractivity contribution in [1.82, 2.24) is 20.2 Å². The van der Waals surface area contributed by atoms with Crippen LogP contribution in [0.1, 0.15) is 63.9 Å². The predicted octanol–water partition coefficient (Wildman–Crippen LogP) is 2.52. The van der Waals surface area contributed by atoms with E-state index in [0.717, 1.165) is 25.9 Å². The zero-order chi connectivity index (χ0) is 21.7. The highest BCUT2D eigenvalue weighted by Gasteiger charge is 2.68. The Morgan fingerprint density at radius 1 is 1.37 bits per heavy atom. The molecule has 2 saturated carbocycles. The molecule has 1 aromatic heterocycles. The van der Waals surface area contributed by atoms with Crippen LogP contribution in [0.4, 0.5) is 0 Å². The van der Waals surface area contributed by atoms with Gasteiger partial charge in [0.1, 0.15) is 5.69 Å². The number of hydrogen-bond acceptors (Lipinski definition) is 4. The molecular formula is C23H36N4O3. The summed E-state index contributed by atoms with van der Waals surface area (Å²) in [6, 6.07) is 0.193. The maximum absolute atomic E-state index is 12.6. The van der Waals surface area contributed by atoms with Crippen molar-refractivity contribution in [3.8, 4) is 0 Å². The van der Waals surface area contributed by atoms with Crippen molar-refractivity contribution in [3.63, 3.8) is 0 Å². The molecule has 5 atom stereocenters. The van der Waals surface area contributed by atoms with Gasteiger partial charge in [-0.25, -0.2) is 4.98 Å². The first kappa shape index (κ1) is 21.3. The minimum Gasteiger partial charge on any atom is -0.378 e. The van der Waals surface area contributed by atoms with Crippen LogP contribution >= 0.6 is 0 Å². The molecule has 166 valence electrons. The van der Waals surface area contributed by atoms with Crippen LogP contribution in [0.25, 0.3) is 0 Å². The monoisotopic (exact) mass is 416 g/mol. The lowest BCUT2D eigenvalue weighted by Gasteiger charge is -2.53. The van der Waals surface area contributed by atoms with Gasteiger partial charge in [-0.05, 0) is 48.3 Å². The van der Waals surface area contributed by atoms with Gasteiger partial charge in [0, 0.05) is 38.4 Å². The second-order valence-electron chi connectivity index (χ2n) is 10.5. The first-order valence-corrected chi connectivity index (χ1v) is 11.3. The summed E-state index contributed by atoms with van der Waals surface area (Å²) in [6.45, 7) is 9.87. The van der Waals surface area contributed by atoms with Crippen LogP contribution in [0.2, 0.25) is 0 Å². The molecule has 0 unspecified atom stereocenters. The first-order chi connectivity index (χ1) is 14.1. The van der Waals surface area contributed by atoms with Gasteiger partial charge in [-0.15, -0.1) is 0 Å². The molecule has 2 amide bonds. The van der Waals surface area contributed by atoms with E-state index in [4.69, 9.17) is 4.74 Å². The van der Waals surface area contributed by atoms with Crippen molar-refractivity contribution in [3.05, 3.63) is 18.2 Å². The van der Waals surface area contributed by atoms with Gasteiger partial charge in [-0.2, -0.15) is 0 Å². The fraction of sp³-hybridized carbons (Fsp3) is 0.783. The van der Waals surface area contributed by atoms with E-state index in [0.29, 0.717) is 24.1 Å². The molecular weight excluding hydrogens is 380 g/mol. The third-order valence-corrected chi connectivity index (χ3v) is 8.09. The van der Waals surface area contributed by atoms with Crippen LogP contribution in [0.5, 0.6) is 0 Å². The second-order valence-corrected chi connectivity index (χ2v) is 10.5. The van der Waals surface area contributed by atoms with Crippen LogP contribution in [-0.4, -0.2) is 46.7 Å². The van der Waals surface area contributed by atoms with Crippen molar-refractivity contribution in [2.45, 2.75) is 65.5 Å². The zero-order valence-corrected chi connectivity index (χ0v) is 18.9. The van der Waals surface area contributed by atoms with E-state index in [1.165, 1.54) is 6.42 Å². The number of carbonyl (C=O) groups is 2. The molecule has 30 heavy (non-hydrogen) atoms. The Bertz CT molecular complexity index is 817. The summed E-state index contributed by atoms with van der Waals surface area (Å²) in [6.07, 6.45) is 7.61. The molecule has 2 heterocycles. The number of imidazole rings is 1. The Morgan fingerprint density at radius 3 is 2.80 bits per heavy atom.